The number of rotatable bonds is 2. The van der Waals surface area contributed by atoms with E-state index in [1.165, 1.54) is 18.0 Å². The van der Waals surface area contributed by atoms with Gasteiger partial charge in [-0.1, -0.05) is 12.1 Å². The van der Waals surface area contributed by atoms with Gasteiger partial charge in [-0.2, -0.15) is 0 Å². The number of ketones is 1. The molecule has 0 unspecified atom stereocenters. The van der Waals surface area contributed by atoms with E-state index in [4.69, 9.17) is 0 Å². The molecule has 0 atom stereocenters. The van der Waals surface area contributed by atoms with Crippen LogP contribution in [0.4, 0.5) is 0 Å². The molecule has 16 heavy (non-hydrogen) atoms. The van der Waals surface area contributed by atoms with Gasteiger partial charge in [-0.15, -0.1) is 0 Å². The number of carbonyl (C=O) groups excluding carboxylic acids is 1. The Morgan fingerprint density at radius 3 is 2.56 bits per heavy atom. The molecule has 0 amide bonds. The Balaban J connectivity index is 2.39. The number of benzene rings is 1. The molecule has 3 nitrogen and oxygen atoms in total. The first kappa shape index (κ1) is 10.5. The molecule has 0 aliphatic heterocycles. The van der Waals surface area contributed by atoms with Gasteiger partial charge < -0.3 is 0 Å². The van der Waals surface area contributed by atoms with Crippen molar-refractivity contribution in [2.75, 3.05) is 0 Å². The predicted molar refractivity (Wildman–Crippen MR) is 61.4 cm³/mol. The van der Waals surface area contributed by atoms with Crippen molar-refractivity contribution in [1.29, 1.82) is 0 Å². The SMILES string of the molecule is Cc1ccc(C(=O)c2cnccn2)cc1C. The van der Waals surface area contributed by atoms with E-state index in [1.807, 2.05) is 32.0 Å². The molecule has 0 saturated carbocycles. The molecule has 1 aromatic carbocycles. The number of nitrogens with zero attached hydrogens (tertiary/aromatic N) is 2. The molecule has 2 rings (SSSR count). The van der Waals surface area contributed by atoms with Crippen LogP contribution in [0.3, 0.4) is 0 Å². The molecule has 80 valence electrons. The van der Waals surface area contributed by atoms with Crippen LogP contribution in [0.25, 0.3) is 0 Å². The first-order valence-corrected chi connectivity index (χ1v) is 5.06. The van der Waals surface area contributed by atoms with Crippen molar-refractivity contribution in [3.8, 4) is 0 Å². The van der Waals surface area contributed by atoms with Crippen molar-refractivity contribution in [3.05, 3.63) is 59.2 Å². The van der Waals surface area contributed by atoms with Crippen LogP contribution in [-0.2, 0) is 0 Å². The molecule has 3 heteroatoms. The summed E-state index contributed by atoms with van der Waals surface area (Å²) in [6, 6.07) is 5.64. The van der Waals surface area contributed by atoms with Crippen LogP contribution in [0.5, 0.6) is 0 Å². The highest BCUT2D eigenvalue weighted by molar-refractivity contribution is 6.07. The second-order valence-electron chi connectivity index (χ2n) is 3.72. The highest BCUT2D eigenvalue weighted by Gasteiger charge is 2.10. The van der Waals surface area contributed by atoms with Gasteiger partial charge in [0.05, 0.1) is 6.20 Å². The third-order valence-electron chi connectivity index (χ3n) is 2.56. The Hall–Kier alpha value is -2.03. The minimum atomic E-state index is -0.0869. The van der Waals surface area contributed by atoms with Crippen molar-refractivity contribution < 1.29 is 4.79 Å². The van der Waals surface area contributed by atoms with Crippen LogP contribution in [0, 0.1) is 13.8 Å². The molecule has 0 radical (unpaired) electrons. The number of hydrogen-bond donors (Lipinski definition) is 0. The standard InChI is InChI=1S/C13H12N2O/c1-9-3-4-11(7-10(9)2)13(16)12-8-14-5-6-15-12/h3-8H,1-2H3. The van der Waals surface area contributed by atoms with E-state index in [2.05, 4.69) is 9.97 Å². The van der Waals surface area contributed by atoms with Gasteiger partial charge in [0.15, 0.2) is 0 Å². The Kier molecular flexibility index (Phi) is 2.77. The van der Waals surface area contributed by atoms with Gasteiger partial charge in [0.1, 0.15) is 5.69 Å². The quantitative estimate of drug-likeness (QED) is 0.717. The summed E-state index contributed by atoms with van der Waals surface area (Å²) in [5, 5.41) is 0. The molecule has 0 N–H and O–H groups in total. The fraction of sp³-hybridized carbons (Fsp3) is 0.154. The van der Waals surface area contributed by atoms with Crippen molar-refractivity contribution >= 4 is 5.78 Å². The van der Waals surface area contributed by atoms with Gasteiger partial charge in [0.25, 0.3) is 0 Å². The summed E-state index contributed by atoms with van der Waals surface area (Å²) < 4.78 is 0. The Bertz CT molecular complexity index is 521. The largest absolute Gasteiger partial charge is 0.287 e. The highest BCUT2D eigenvalue weighted by atomic mass is 16.1. The fourth-order valence-corrected chi connectivity index (χ4v) is 1.45. The van der Waals surface area contributed by atoms with Crippen molar-refractivity contribution in [2.45, 2.75) is 13.8 Å². The summed E-state index contributed by atoms with van der Waals surface area (Å²) in [7, 11) is 0. The molecule has 0 aliphatic carbocycles. The summed E-state index contributed by atoms with van der Waals surface area (Å²) in [4.78, 5) is 19.9. The van der Waals surface area contributed by atoms with Gasteiger partial charge in [-0.05, 0) is 31.0 Å². The minimum Gasteiger partial charge on any atom is -0.287 e. The minimum absolute atomic E-state index is 0.0869. The Morgan fingerprint density at radius 1 is 1.12 bits per heavy atom. The molecule has 1 heterocycles. The molecular weight excluding hydrogens is 200 g/mol. The van der Waals surface area contributed by atoms with Gasteiger partial charge >= 0.3 is 0 Å². The summed E-state index contributed by atoms with van der Waals surface area (Å²) >= 11 is 0. The second kappa shape index (κ2) is 4.23. The van der Waals surface area contributed by atoms with Crippen molar-refractivity contribution in [2.24, 2.45) is 0 Å². The monoisotopic (exact) mass is 212 g/mol. The lowest BCUT2D eigenvalue weighted by Gasteiger charge is -2.03. The molecule has 0 bridgehead atoms. The lowest BCUT2D eigenvalue weighted by molar-refractivity contribution is 0.103. The zero-order valence-electron chi connectivity index (χ0n) is 9.27. The molecular formula is C13H12N2O. The van der Waals surface area contributed by atoms with Gasteiger partial charge in [0, 0.05) is 18.0 Å². The maximum Gasteiger partial charge on any atom is 0.212 e. The molecule has 0 spiro atoms. The number of aryl methyl sites for hydroxylation is 2. The summed E-state index contributed by atoms with van der Waals surface area (Å²) in [6.45, 7) is 4.01. The van der Waals surface area contributed by atoms with E-state index < -0.39 is 0 Å². The van der Waals surface area contributed by atoms with Gasteiger partial charge in [-0.3, -0.25) is 9.78 Å². The first-order valence-electron chi connectivity index (χ1n) is 5.06. The first-order chi connectivity index (χ1) is 7.68. The summed E-state index contributed by atoms with van der Waals surface area (Å²) in [5.41, 5.74) is 3.32. The molecule has 2 aromatic rings. The van der Waals surface area contributed by atoms with Crippen LogP contribution >= 0.6 is 0 Å². The fourth-order valence-electron chi connectivity index (χ4n) is 1.45. The zero-order chi connectivity index (χ0) is 11.5. The highest BCUT2D eigenvalue weighted by Crippen LogP contribution is 2.12. The van der Waals surface area contributed by atoms with Crippen LogP contribution in [0.1, 0.15) is 27.2 Å². The van der Waals surface area contributed by atoms with E-state index in [0.717, 1.165) is 5.56 Å². The molecule has 0 fully saturated rings. The maximum atomic E-state index is 12.0. The molecule has 0 aliphatic rings. The lowest BCUT2D eigenvalue weighted by atomic mass is 10.0. The topological polar surface area (TPSA) is 42.9 Å². The Labute approximate surface area is 94.2 Å². The van der Waals surface area contributed by atoms with Crippen LogP contribution < -0.4 is 0 Å². The van der Waals surface area contributed by atoms with E-state index in [-0.39, 0.29) is 5.78 Å². The number of aromatic nitrogens is 2. The Morgan fingerprint density at radius 2 is 1.94 bits per heavy atom. The zero-order valence-corrected chi connectivity index (χ0v) is 9.27. The predicted octanol–water partition coefficient (Wildman–Crippen LogP) is 2.32. The molecule has 1 aromatic heterocycles. The normalized spacial score (nSPS) is 10.1. The number of hydrogen-bond acceptors (Lipinski definition) is 3. The number of carbonyl (C=O) groups is 1. The third-order valence-corrected chi connectivity index (χ3v) is 2.56. The maximum absolute atomic E-state index is 12.0. The van der Waals surface area contributed by atoms with Crippen molar-refractivity contribution in [3.63, 3.8) is 0 Å². The van der Waals surface area contributed by atoms with E-state index in [1.54, 1.807) is 6.20 Å². The van der Waals surface area contributed by atoms with Gasteiger partial charge in [-0.25, -0.2) is 4.98 Å². The third kappa shape index (κ3) is 1.98. The summed E-state index contributed by atoms with van der Waals surface area (Å²) in [5.74, 6) is -0.0869. The van der Waals surface area contributed by atoms with Crippen LogP contribution in [0.2, 0.25) is 0 Å². The van der Waals surface area contributed by atoms with Gasteiger partial charge in [0.2, 0.25) is 5.78 Å². The van der Waals surface area contributed by atoms with Crippen LogP contribution in [-0.4, -0.2) is 15.8 Å². The van der Waals surface area contributed by atoms with Crippen LogP contribution in [0.15, 0.2) is 36.8 Å². The average molecular weight is 212 g/mol. The average Bonchev–Trinajstić information content (AvgIpc) is 2.33. The van der Waals surface area contributed by atoms with Crippen molar-refractivity contribution in [1.82, 2.24) is 9.97 Å². The van der Waals surface area contributed by atoms with E-state index in [9.17, 15) is 4.79 Å². The van der Waals surface area contributed by atoms with E-state index in [0.29, 0.717) is 11.3 Å². The lowest BCUT2D eigenvalue weighted by Crippen LogP contribution is -2.04. The van der Waals surface area contributed by atoms with E-state index >= 15 is 0 Å². The summed E-state index contributed by atoms with van der Waals surface area (Å²) in [6.07, 6.45) is 4.56. The molecule has 0 saturated heterocycles. The smallest absolute Gasteiger partial charge is 0.212 e. The second-order valence-corrected chi connectivity index (χ2v) is 3.72.